The first-order chi connectivity index (χ1) is 23.0. The van der Waals surface area contributed by atoms with Crippen LogP contribution in [0.1, 0.15) is 64.7 Å². The number of hydrogen-bond donors (Lipinski definition) is 2. The van der Waals surface area contributed by atoms with Gasteiger partial charge in [-0.1, -0.05) is 30.3 Å². The van der Waals surface area contributed by atoms with Crippen LogP contribution < -0.4 is 20.4 Å². The molecule has 0 radical (unpaired) electrons. The van der Waals surface area contributed by atoms with Gasteiger partial charge in [0, 0.05) is 82.5 Å². The minimum Gasteiger partial charge on any atom is -0.368 e. The Hall–Kier alpha value is -4.41. The van der Waals surface area contributed by atoms with E-state index in [0.717, 1.165) is 48.2 Å². The summed E-state index contributed by atoms with van der Waals surface area (Å²) in [5.41, 5.74) is 7.18. The summed E-state index contributed by atoms with van der Waals surface area (Å²) in [5, 5.41) is 14.0. The van der Waals surface area contributed by atoms with Gasteiger partial charge in [0.15, 0.2) is 5.82 Å². The van der Waals surface area contributed by atoms with Crippen LogP contribution in [-0.4, -0.2) is 56.8 Å². The highest BCUT2D eigenvalue weighted by atomic mass is 32.2. The SMILES string of the molecule is Cc1cccc2cccc(N3CCc4c(N5CC6CCC(C5)N6)cc(C(=O)Nc5ccc(Sn6cnc(C7CC7)n6)cc5)nc4C3)c12. The summed E-state index contributed by atoms with van der Waals surface area (Å²) in [6.45, 7) is 5.71. The van der Waals surface area contributed by atoms with Crippen LogP contribution in [0, 0.1) is 6.92 Å². The number of pyridine rings is 1. The summed E-state index contributed by atoms with van der Waals surface area (Å²) in [6, 6.07) is 24.0. The number of aromatic nitrogens is 4. The maximum absolute atomic E-state index is 13.8. The van der Waals surface area contributed by atoms with E-state index in [9.17, 15) is 4.79 Å². The number of carbonyl (C=O) groups is 1. The lowest BCUT2D eigenvalue weighted by atomic mass is 9.97. The van der Waals surface area contributed by atoms with Gasteiger partial charge in [0.2, 0.25) is 0 Å². The molecule has 1 saturated carbocycles. The number of anilines is 3. The molecule has 2 atom stereocenters. The molecule has 2 aromatic heterocycles. The van der Waals surface area contributed by atoms with E-state index >= 15 is 0 Å². The third kappa shape index (κ3) is 5.63. The smallest absolute Gasteiger partial charge is 0.274 e. The molecule has 2 N–H and O–H groups in total. The average molecular weight is 643 g/mol. The topological polar surface area (TPSA) is 91.2 Å². The Morgan fingerprint density at radius 3 is 2.51 bits per heavy atom. The molecule has 5 aromatic rings. The molecule has 5 heterocycles. The molecule has 9 nitrogen and oxygen atoms in total. The van der Waals surface area contributed by atoms with Crippen LogP contribution in [0.2, 0.25) is 0 Å². The fourth-order valence-corrected chi connectivity index (χ4v) is 8.31. The minimum atomic E-state index is -0.184. The fourth-order valence-electron chi connectivity index (χ4n) is 7.62. The van der Waals surface area contributed by atoms with Crippen molar-refractivity contribution in [1.82, 2.24) is 24.5 Å². The van der Waals surface area contributed by atoms with Crippen LogP contribution in [-0.2, 0) is 13.0 Å². The van der Waals surface area contributed by atoms with Gasteiger partial charge in [-0.15, -0.1) is 5.10 Å². The second-order valence-corrected chi connectivity index (χ2v) is 14.5. The molecule has 2 saturated heterocycles. The lowest BCUT2D eigenvalue weighted by molar-refractivity contribution is 0.102. The quantitative estimate of drug-likeness (QED) is 0.213. The second-order valence-electron chi connectivity index (χ2n) is 13.5. The Kier molecular flexibility index (Phi) is 7.15. The number of aryl methyl sites for hydroxylation is 1. The van der Waals surface area contributed by atoms with E-state index in [1.165, 1.54) is 70.9 Å². The fraction of sp³-hybridized carbons (Fsp3) is 0.351. The van der Waals surface area contributed by atoms with Crippen LogP contribution in [0.5, 0.6) is 0 Å². The zero-order valence-electron chi connectivity index (χ0n) is 26.5. The summed E-state index contributed by atoms with van der Waals surface area (Å²) in [5.74, 6) is 1.28. The predicted molar refractivity (Wildman–Crippen MR) is 187 cm³/mol. The molecule has 2 unspecified atom stereocenters. The van der Waals surface area contributed by atoms with E-state index in [1.54, 1.807) is 6.33 Å². The predicted octanol–water partition coefficient (Wildman–Crippen LogP) is 6.32. The lowest BCUT2D eigenvalue weighted by Crippen LogP contribution is -2.51. The minimum absolute atomic E-state index is 0.184. The zero-order valence-corrected chi connectivity index (χ0v) is 27.3. The molecule has 3 aliphatic heterocycles. The van der Waals surface area contributed by atoms with Gasteiger partial charge in [-0.3, -0.25) is 4.79 Å². The Bertz CT molecular complexity index is 1970. The highest BCUT2D eigenvalue weighted by Gasteiger charge is 2.35. The molecule has 1 aliphatic carbocycles. The molecular formula is C37H38N8OS. The van der Waals surface area contributed by atoms with E-state index in [4.69, 9.17) is 4.98 Å². The molecule has 4 aliphatic rings. The van der Waals surface area contributed by atoms with Crippen molar-refractivity contribution in [3.05, 3.63) is 101 Å². The van der Waals surface area contributed by atoms with Crippen molar-refractivity contribution >= 4 is 45.7 Å². The van der Waals surface area contributed by atoms with Gasteiger partial charge in [0.05, 0.1) is 12.2 Å². The maximum atomic E-state index is 13.8. The van der Waals surface area contributed by atoms with Crippen LogP contribution in [0.25, 0.3) is 10.8 Å². The molecule has 238 valence electrons. The van der Waals surface area contributed by atoms with Gasteiger partial charge in [-0.05, 0) is 86.4 Å². The molecule has 3 aromatic carbocycles. The number of rotatable bonds is 7. The van der Waals surface area contributed by atoms with Gasteiger partial charge >= 0.3 is 0 Å². The summed E-state index contributed by atoms with van der Waals surface area (Å²) >= 11 is 1.52. The van der Waals surface area contributed by atoms with Gasteiger partial charge in [-0.25, -0.2) is 9.97 Å². The van der Waals surface area contributed by atoms with Crippen molar-refractivity contribution in [3.8, 4) is 0 Å². The third-order valence-electron chi connectivity index (χ3n) is 10.1. The third-order valence-corrected chi connectivity index (χ3v) is 11.0. The Balaban J connectivity index is 0.997. The molecular weight excluding hydrogens is 605 g/mol. The van der Waals surface area contributed by atoms with Crippen LogP contribution in [0.4, 0.5) is 17.1 Å². The number of piperazine rings is 1. The summed E-state index contributed by atoms with van der Waals surface area (Å²) in [6.07, 6.45) is 7.46. The number of benzene rings is 3. The van der Waals surface area contributed by atoms with E-state index < -0.39 is 0 Å². The lowest BCUT2D eigenvalue weighted by Gasteiger charge is -2.38. The standard InChI is InChI=1S/C37H38N8OS/c1-23-4-2-5-24-6-3-7-33(35(23)24)43-17-16-30-32(21-43)41-31(18-34(30)44-19-27-10-11-28(20-44)39-27)37(46)40-26-12-14-29(15-13-26)47-45-22-38-36(42-45)25-8-9-25/h2-7,12-15,18,22,25,27-28,39H,8-11,16-17,19-21H2,1H3,(H,40,46). The van der Waals surface area contributed by atoms with Crippen molar-refractivity contribution in [3.63, 3.8) is 0 Å². The summed E-state index contributed by atoms with van der Waals surface area (Å²) in [4.78, 5) is 29.3. The largest absolute Gasteiger partial charge is 0.368 e. The molecule has 0 spiro atoms. The molecule has 1 amide bonds. The first-order valence-corrected chi connectivity index (χ1v) is 17.6. The number of amides is 1. The Morgan fingerprint density at radius 2 is 1.72 bits per heavy atom. The normalized spacial score (nSPS) is 20.4. The number of carbonyl (C=O) groups excluding carboxylic acids is 1. The van der Waals surface area contributed by atoms with Crippen LogP contribution in [0.3, 0.4) is 0 Å². The molecule has 3 fully saturated rings. The highest BCUT2D eigenvalue weighted by molar-refractivity contribution is 7.97. The van der Waals surface area contributed by atoms with Crippen molar-refractivity contribution < 1.29 is 4.79 Å². The Labute approximate surface area is 278 Å². The van der Waals surface area contributed by atoms with Crippen molar-refractivity contribution in [1.29, 1.82) is 0 Å². The maximum Gasteiger partial charge on any atom is 0.274 e. The van der Waals surface area contributed by atoms with E-state index in [2.05, 4.69) is 73.8 Å². The first-order valence-electron chi connectivity index (χ1n) is 16.8. The van der Waals surface area contributed by atoms with Gasteiger partial charge in [-0.2, -0.15) is 4.09 Å². The van der Waals surface area contributed by atoms with E-state index in [0.29, 0.717) is 30.2 Å². The zero-order chi connectivity index (χ0) is 31.5. The van der Waals surface area contributed by atoms with Crippen molar-refractivity contribution in [2.24, 2.45) is 0 Å². The summed E-state index contributed by atoms with van der Waals surface area (Å²) in [7, 11) is 0. The van der Waals surface area contributed by atoms with Crippen molar-refractivity contribution in [2.45, 2.75) is 68.5 Å². The molecule has 10 heteroatoms. The number of fused-ring (bicyclic) bond motifs is 4. The second kappa shape index (κ2) is 11.7. The number of nitrogens with one attached hydrogen (secondary N) is 2. The highest BCUT2D eigenvalue weighted by Crippen LogP contribution is 2.39. The van der Waals surface area contributed by atoms with Crippen LogP contribution in [0.15, 0.2) is 78.0 Å². The van der Waals surface area contributed by atoms with E-state index in [1.807, 2.05) is 34.4 Å². The monoisotopic (exact) mass is 642 g/mol. The van der Waals surface area contributed by atoms with Gasteiger partial charge in [0.1, 0.15) is 12.0 Å². The summed E-state index contributed by atoms with van der Waals surface area (Å²) < 4.78 is 1.81. The van der Waals surface area contributed by atoms with Crippen molar-refractivity contribution in [2.75, 3.05) is 34.8 Å². The van der Waals surface area contributed by atoms with E-state index in [-0.39, 0.29) is 5.91 Å². The first kappa shape index (κ1) is 28.8. The number of hydrogen-bond acceptors (Lipinski definition) is 8. The molecule has 9 rings (SSSR count). The Morgan fingerprint density at radius 1 is 0.936 bits per heavy atom. The van der Waals surface area contributed by atoms with Gasteiger partial charge in [0.25, 0.3) is 5.91 Å². The molecule has 2 bridgehead atoms. The molecule has 47 heavy (non-hydrogen) atoms. The van der Waals surface area contributed by atoms with Gasteiger partial charge < -0.3 is 20.4 Å². The number of nitrogens with zero attached hydrogens (tertiary/aromatic N) is 6. The average Bonchev–Trinajstić information content (AvgIpc) is 3.75. The van der Waals surface area contributed by atoms with Crippen LogP contribution >= 0.6 is 11.9 Å².